The fourth-order valence-electron chi connectivity index (χ4n) is 4.16. The third-order valence-electron chi connectivity index (χ3n) is 5.86. The molecule has 0 amide bonds. The Kier molecular flexibility index (Phi) is 6.75. The Bertz CT molecular complexity index is 806. The summed E-state index contributed by atoms with van der Waals surface area (Å²) in [6.07, 6.45) is 2.82. The van der Waals surface area contributed by atoms with Crippen LogP contribution in [-0.2, 0) is 9.09 Å². The Morgan fingerprint density at radius 1 is 1.07 bits per heavy atom. The van der Waals surface area contributed by atoms with Crippen LogP contribution in [-0.4, -0.2) is 11.2 Å². The summed E-state index contributed by atoms with van der Waals surface area (Å²) in [6.45, 7) is 6.53. The normalized spacial score (nSPS) is 26.0. The van der Waals surface area contributed by atoms with E-state index in [1.807, 2.05) is 6.07 Å². The second-order valence-electron chi connectivity index (χ2n) is 8.33. The van der Waals surface area contributed by atoms with Crippen molar-refractivity contribution in [2.45, 2.75) is 52.0 Å². The molecule has 0 unspecified atom stereocenters. The Labute approximate surface area is 167 Å². The van der Waals surface area contributed by atoms with Crippen LogP contribution < -0.4 is 5.30 Å². The molecule has 3 nitrogen and oxygen atoms in total. The van der Waals surface area contributed by atoms with Crippen LogP contribution >= 0.6 is 7.37 Å². The molecule has 1 aliphatic rings. The fourth-order valence-corrected chi connectivity index (χ4v) is 6.48. The van der Waals surface area contributed by atoms with E-state index >= 15 is 0 Å². The highest BCUT2D eigenvalue weighted by molar-refractivity contribution is 7.67. The Hall–Kier alpha value is -1.48. The molecule has 0 aliphatic heterocycles. The van der Waals surface area contributed by atoms with Crippen LogP contribution in [0.3, 0.4) is 0 Å². The van der Waals surface area contributed by atoms with Crippen LogP contribution in [0.2, 0.25) is 0 Å². The van der Waals surface area contributed by atoms with Gasteiger partial charge in [-0.15, -0.1) is 0 Å². The van der Waals surface area contributed by atoms with Gasteiger partial charge in [-0.25, -0.2) is 4.39 Å². The molecule has 1 aliphatic carbocycles. The zero-order chi connectivity index (χ0) is 20.3. The van der Waals surface area contributed by atoms with Crippen molar-refractivity contribution in [1.29, 1.82) is 0 Å². The first-order chi connectivity index (χ1) is 13.3. The first kappa shape index (κ1) is 21.2. The van der Waals surface area contributed by atoms with Gasteiger partial charge in [0.05, 0.1) is 6.10 Å². The van der Waals surface area contributed by atoms with Gasteiger partial charge in [-0.05, 0) is 60.4 Å². The number of benzene rings is 2. The molecular formula is C23H30FO3P. The summed E-state index contributed by atoms with van der Waals surface area (Å²) in [5.74, 6) is -0.529. The van der Waals surface area contributed by atoms with Gasteiger partial charge in [-0.3, -0.25) is 4.57 Å². The molecule has 2 aromatic carbocycles. The minimum atomic E-state index is -3.64. The highest BCUT2D eigenvalue weighted by Crippen LogP contribution is 2.60. The van der Waals surface area contributed by atoms with E-state index in [1.165, 1.54) is 24.3 Å². The maximum atomic E-state index is 14.2. The largest absolute Gasteiger partial charge is 0.378 e. The maximum Gasteiger partial charge on any atom is 0.264 e. The standard InChI is InChI=1S/C23H30FO3P/c1-16(2)21-14-9-17(3)15-22(21)27-28(26,20-7-5-4-6-8-20)23(25)18-10-12-19(24)13-11-18/h4-8,10-13,16-17,21-23,25H,9,14-15H2,1-3H3/t17-,21-,22-,23+,28-/m0/s1. The molecule has 152 valence electrons. The summed E-state index contributed by atoms with van der Waals surface area (Å²) in [5.41, 5.74) is 0.401. The van der Waals surface area contributed by atoms with Crippen LogP contribution in [0.15, 0.2) is 54.6 Å². The molecule has 0 radical (unpaired) electrons. The Morgan fingerprint density at radius 3 is 2.32 bits per heavy atom. The van der Waals surface area contributed by atoms with E-state index in [-0.39, 0.29) is 6.10 Å². The van der Waals surface area contributed by atoms with Gasteiger partial charge in [0.15, 0.2) is 5.85 Å². The summed E-state index contributed by atoms with van der Waals surface area (Å²) in [5, 5.41) is 11.6. The number of aliphatic hydroxyl groups excluding tert-OH is 1. The van der Waals surface area contributed by atoms with Gasteiger partial charge in [0, 0.05) is 5.30 Å². The Morgan fingerprint density at radius 2 is 1.71 bits per heavy atom. The Balaban J connectivity index is 1.99. The van der Waals surface area contributed by atoms with Gasteiger partial charge in [0.2, 0.25) is 0 Å². The molecule has 1 fully saturated rings. The van der Waals surface area contributed by atoms with Crippen molar-refractivity contribution >= 4 is 12.7 Å². The van der Waals surface area contributed by atoms with E-state index in [4.69, 9.17) is 4.52 Å². The molecule has 0 spiro atoms. The molecule has 3 rings (SSSR count). The predicted octanol–water partition coefficient (Wildman–Crippen LogP) is 5.90. The summed E-state index contributed by atoms with van der Waals surface area (Å²) in [6, 6.07) is 14.4. The van der Waals surface area contributed by atoms with E-state index in [9.17, 15) is 14.1 Å². The van der Waals surface area contributed by atoms with Crippen LogP contribution in [0.25, 0.3) is 0 Å². The maximum absolute atomic E-state index is 14.2. The van der Waals surface area contributed by atoms with E-state index in [2.05, 4.69) is 20.8 Å². The van der Waals surface area contributed by atoms with Crippen molar-refractivity contribution in [2.75, 3.05) is 0 Å². The van der Waals surface area contributed by atoms with E-state index in [1.54, 1.807) is 24.3 Å². The lowest BCUT2D eigenvalue weighted by molar-refractivity contribution is 0.0427. The zero-order valence-corrected chi connectivity index (χ0v) is 17.7. The molecule has 5 atom stereocenters. The minimum Gasteiger partial charge on any atom is -0.378 e. The average molecular weight is 404 g/mol. The summed E-state index contributed by atoms with van der Waals surface area (Å²) in [4.78, 5) is 0. The molecule has 2 aromatic rings. The van der Waals surface area contributed by atoms with E-state index < -0.39 is 19.0 Å². The van der Waals surface area contributed by atoms with Gasteiger partial charge < -0.3 is 9.63 Å². The van der Waals surface area contributed by atoms with Crippen molar-refractivity contribution in [1.82, 2.24) is 0 Å². The monoisotopic (exact) mass is 404 g/mol. The first-order valence-electron chi connectivity index (χ1n) is 10.1. The van der Waals surface area contributed by atoms with Gasteiger partial charge >= 0.3 is 0 Å². The van der Waals surface area contributed by atoms with Crippen molar-refractivity contribution in [2.24, 2.45) is 17.8 Å². The smallest absolute Gasteiger partial charge is 0.264 e. The van der Waals surface area contributed by atoms with Gasteiger partial charge in [-0.2, -0.15) is 0 Å². The summed E-state index contributed by atoms with van der Waals surface area (Å²) < 4.78 is 33.9. The molecule has 0 saturated heterocycles. The molecule has 0 bridgehead atoms. The van der Waals surface area contributed by atoms with Crippen LogP contribution in [0, 0.1) is 23.6 Å². The third-order valence-corrected chi connectivity index (χ3v) is 8.40. The predicted molar refractivity (Wildman–Crippen MR) is 111 cm³/mol. The second kappa shape index (κ2) is 8.90. The number of hydrogen-bond acceptors (Lipinski definition) is 3. The van der Waals surface area contributed by atoms with Crippen molar-refractivity contribution < 1.29 is 18.6 Å². The van der Waals surface area contributed by atoms with Gasteiger partial charge in [-0.1, -0.05) is 57.5 Å². The quantitative estimate of drug-likeness (QED) is 0.610. The van der Waals surface area contributed by atoms with E-state index in [0.717, 1.165) is 19.3 Å². The van der Waals surface area contributed by atoms with Crippen molar-refractivity contribution in [3.63, 3.8) is 0 Å². The fraction of sp³-hybridized carbons (Fsp3) is 0.478. The molecule has 0 heterocycles. The highest BCUT2D eigenvalue weighted by Gasteiger charge is 2.42. The van der Waals surface area contributed by atoms with Gasteiger partial charge in [0.25, 0.3) is 7.37 Å². The van der Waals surface area contributed by atoms with Crippen molar-refractivity contribution in [3.8, 4) is 0 Å². The summed E-state index contributed by atoms with van der Waals surface area (Å²) >= 11 is 0. The average Bonchev–Trinajstić information content (AvgIpc) is 2.68. The van der Waals surface area contributed by atoms with Crippen LogP contribution in [0.1, 0.15) is 51.4 Å². The van der Waals surface area contributed by atoms with Crippen LogP contribution in [0.4, 0.5) is 4.39 Å². The highest BCUT2D eigenvalue weighted by atomic mass is 31.2. The zero-order valence-electron chi connectivity index (χ0n) is 16.8. The number of halogens is 1. The number of hydrogen-bond donors (Lipinski definition) is 1. The topological polar surface area (TPSA) is 46.5 Å². The SMILES string of the molecule is CC(C)[C@@H]1CC[C@H](C)C[C@@H]1O[P@@](=O)(c1ccccc1)[C@@H](O)c1ccc(F)cc1. The molecule has 28 heavy (non-hydrogen) atoms. The van der Waals surface area contributed by atoms with Gasteiger partial charge in [0.1, 0.15) is 5.82 Å². The first-order valence-corrected chi connectivity index (χ1v) is 11.8. The molecule has 5 heteroatoms. The lowest BCUT2D eigenvalue weighted by atomic mass is 9.75. The molecule has 1 N–H and O–H groups in total. The molecule has 1 saturated carbocycles. The van der Waals surface area contributed by atoms with E-state index in [0.29, 0.717) is 28.6 Å². The second-order valence-corrected chi connectivity index (χ2v) is 10.7. The van der Waals surface area contributed by atoms with Crippen molar-refractivity contribution in [3.05, 3.63) is 66.0 Å². The summed E-state index contributed by atoms with van der Waals surface area (Å²) in [7, 11) is -3.64. The number of aliphatic hydroxyl groups is 1. The minimum absolute atomic E-state index is 0.176. The van der Waals surface area contributed by atoms with Crippen LogP contribution in [0.5, 0.6) is 0 Å². The third kappa shape index (κ3) is 4.56. The molecular weight excluding hydrogens is 374 g/mol. The lowest BCUT2D eigenvalue weighted by Gasteiger charge is -2.39. The number of rotatable bonds is 6. The lowest BCUT2D eigenvalue weighted by Crippen LogP contribution is -2.35. The molecule has 0 aromatic heterocycles.